The van der Waals surface area contributed by atoms with Gasteiger partial charge in [0.25, 0.3) is 5.91 Å². The largest absolute Gasteiger partial charge is 0.484 e. The van der Waals surface area contributed by atoms with Crippen molar-refractivity contribution < 1.29 is 22.3 Å². The van der Waals surface area contributed by atoms with Gasteiger partial charge in [-0.05, 0) is 61.4 Å². The van der Waals surface area contributed by atoms with E-state index in [-0.39, 0.29) is 11.5 Å². The molecule has 128 valence electrons. The average molecular weight is 352 g/mol. The van der Waals surface area contributed by atoms with Gasteiger partial charge in [-0.1, -0.05) is 0 Å². The molecule has 2 aromatic carbocycles. The number of aryl methyl sites for hydroxylation is 1. The summed E-state index contributed by atoms with van der Waals surface area (Å²) in [4.78, 5) is 11.9. The highest BCUT2D eigenvalue weighted by atomic mass is 32.2. The van der Waals surface area contributed by atoms with E-state index in [9.17, 15) is 17.6 Å². The van der Waals surface area contributed by atoms with E-state index in [1.165, 1.54) is 36.4 Å². The fourth-order valence-electron chi connectivity index (χ4n) is 1.99. The zero-order valence-electron chi connectivity index (χ0n) is 13.2. The summed E-state index contributed by atoms with van der Waals surface area (Å²) in [6.45, 7) is 3.16. The van der Waals surface area contributed by atoms with Gasteiger partial charge in [0.15, 0.2) is 6.61 Å². The summed E-state index contributed by atoms with van der Waals surface area (Å²) in [5, 5.41) is 7.71. The van der Waals surface area contributed by atoms with Crippen LogP contribution in [0.15, 0.2) is 41.3 Å². The van der Waals surface area contributed by atoms with Gasteiger partial charge in [0, 0.05) is 5.69 Å². The van der Waals surface area contributed by atoms with E-state index < -0.39 is 21.7 Å². The topological polar surface area (TPSA) is 98.5 Å². The van der Waals surface area contributed by atoms with Crippen molar-refractivity contribution in [1.29, 1.82) is 0 Å². The van der Waals surface area contributed by atoms with Crippen LogP contribution in [0.1, 0.15) is 11.1 Å². The minimum absolute atomic E-state index is 0.0830. The molecule has 0 spiro atoms. The van der Waals surface area contributed by atoms with E-state index in [1.54, 1.807) is 13.8 Å². The van der Waals surface area contributed by atoms with Gasteiger partial charge in [0.1, 0.15) is 11.6 Å². The minimum Gasteiger partial charge on any atom is -0.484 e. The molecule has 0 unspecified atom stereocenters. The van der Waals surface area contributed by atoms with Crippen LogP contribution in [0, 0.1) is 19.7 Å². The van der Waals surface area contributed by atoms with E-state index in [0.717, 1.165) is 5.56 Å². The summed E-state index contributed by atoms with van der Waals surface area (Å²) in [5.74, 6) is -0.538. The maximum absolute atomic E-state index is 12.8. The van der Waals surface area contributed by atoms with Crippen LogP contribution in [-0.4, -0.2) is 20.9 Å². The summed E-state index contributed by atoms with van der Waals surface area (Å²) in [6, 6.07) is 7.98. The number of halogens is 1. The predicted octanol–water partition coefficient (Wildman–Crippen LogP) is 2.11. The number of ether oxygens (including phenoxy) is 1. The minimum atomic E-state index is -3.88. The van der Waals surface area contributed by atoms with Gasteiger partial charge >= 0.3 is 0 Å². The van der Waals surface area contributed by atoms with E-state index in [1.807, 2.05) is 0 Å². The zero-order chi connectivity index (χ0) is 17.9. The Hall–Kier alpha value is -2.45. The molecule has 2 rings (SSSR count). The predicted molar refractivity (Wildman–Crippen MR) is 87.8 cm³/mol. The van der Waals surface area contributed by atoms with Crippen LogP contribution in [0.25, 0.3) is 0 Å². The van der Waals surface area contributed by atoms with Gasteiger partial charge in [0.05, 0.1) is 4.90 Å². The number of amides is 1. The van der Waals surface area contributed by atoms with Crippen molar-refractivity contribution in [3.63, 3.8) is 0 Å². The third-order valence-corrected chi connectivity index (χ3v) is 4.32. The number of carbonyl (C=O) groups is 1. The van der Waals surface area contributed by atoms with Crippen LogP contribution in [0.3, 0.4) is 0 Å². The van der Waals surface area contributed by atoms with E-state index in [4.69, 9.17) is 9.88 Å². The number of hydrogen-bond donors (Lipinski definition) is 2. The molecule has 0 aromatic heterocycles. The van der Waals surface area contributed by atoms with Gasteiger partial charge in [-0.3, -0.25) is 4.79 Å². The molecule has 0 aliphatic heterocycles. The van der Waals surface area contributed by atoms with Crippen molar-refractivity contribution in [3.8, 4) is 5.75 Å². The van der Waals surface area contributed by atoms with E-state index in [0.29, 0.717) is 17.0 Å². The number of hydrogen-bond acceptors (Lipinski definition) is 4. The molecule has 0 atom stereocenters. The monoisotopic (exact) mass is 352 g/mol. The molecule has 0 saturated carbocycles. The summed E-state index contributed by atoms with van der Waals surface area (Å²) < 4.78 is 41.0. The maximum Gasteiger partial charge on any atom is 0.262 e. The quantitative estimate of drug-likeness (QED) is 0.861. The molecule has 1 amide bonds. The first-order valence-corrected chi connectivity index (χ1v) is 8.54. The smallest absolute Gasteiger partial charge is 0.262 e. The molecule has 0 aliphatic carbocycles. The SMILES string of the molecule is Cc1cc(S(N)(=O)=O)cc(NC(=O)COc2ccc(F)cc2)c1C. The lowest BCUT2D eigenvalue weighted by Crippen LogP contribution is -2.21. The Morgan fingerprint density at radius 3 is 2.42 bits per heavy atom. The molecule has 3 N–H and O–H groups in total. The second-order valence-electron chi connectivity index (χ2n) is 5.25. The molecule has 0 radical (unpaired) electrons. The highest BCUT2D eigenvalue weighted by molar-refractivity contribution is 7.89. The van der Waals surface area contributed by atoms with Crippen LogP contribution < -0.4 is 15.2 Å². The third kappa shape index (κ3) is 4.53. The summed E-state index contributed by atoms with van der Waals surface area (Å²) in [6.07, 6.45) is 0. The summed E-state index contributed by atoms with van der Waals surface area (Å²) in [5.41, 5.74) is 1.74. The van der Waals surface area contributed by atoms with E-state index >= 15 is 0 Å². The second kappa shape index (κ2) is 6.98. The Kier molecular flexibility index (Phi) is 5.20. The molecule has 0 bridgehead atoms. The summed E-state index contributed by atoms with van der Waals surface area (Å²) >= 11 is 0. The first-order chi connectivity index (χ1) is 11.2. The fourth-order valence-corrected chi connectivity index (χ4v) is 2.61. The first kappa shape index (κ1) is 17.9. The lowest BCUT2D eigenvalue weighted by Gasteiger charge is -2.13. The van der Waals surface area contributed by atoms with Crippen molar-refractivity contribution >= 4 is 21.6 Å². The highest BCUT2D eigenvalue weighted by Gasteiger charge is 2.14. The number of primary sulfonamides is 1. The molecule has 24 heavy (non-hydrogen) atoms. The van der Waals surface area contributed by atoms with Gasteiger partial charge in [-0.25, -0.2) is 17.9 Å². The van der Waals surface area contributed by atoms with Crippen molar-refractivity contribution in [2.75, 3.05) is 11.9 Å². The van der Waals surface area contributed by atoms with Crippen LogP contribution in [-0.2, 0) is 14.8 Å². The van der Waals surface area contributed by atoms with Crippen molar-refractivity contribution in [3.05, 3.63) is 53.3 Å². The number of nitrogens with two attached hydrogens (primary N) is 1. The summed E-state index contributed by atoms with van der Waals surface area (Å²) in [7, 11) is -3.88. The molecule has 8 heteroatoms. The molecule has 0 fully saturated rings. The lowest BCUT2D eigenvalue weighted by molar-refractivity contribution is -0.118. The van der Waals surface area contributed by atoms with Gasteiger partial charge < -0.3 is 10.1 Å². The van der Waals surface area contributed by atoms with Gasteiger partial charge in [0.2, 0.25) is 10.0 Å². The second-order valence-corrected chi connectivity index (χ2v) is 6.81. The molecule has 6 nitrogen and oxygen atoms in total. The van der Waals surface area contributed by atoms with Gasteiger partial charge in [-0.15, -0.1) is 0 Å². The number of carbonyl (C=O) groups excluding carboxylic acids is 1. The van der Waals surface area contributed by atoms with E-state index in [2.05, 4.69) is 5.32 Å². The van der Waals surface area contributed by atoms with Crippen molar-refractivity contribution in [2.24, 2.45) is 5.14 Å². The number of sulfonamides is 1. The molecular formula is C16H17FN2O4S. The number of anilines is 1. The third-order valence-electron chi connectivity index (χ3n) is 3.43. The normalized spacial score (nSPS) is 11.2. The lowest BCUT2D eigenvalue weighted by atomic mass is 10.1. The van der Waals surface area contributed by atoms with Crippen molar-refractivity contribution in [2.45, 2.75) is 18.7 Å². The fraction of sp³-hybridized carbons (Fsp3) is 0.188. The number of rotatable bonds is 5. The first-order valence-electron chi connectivity index (χ1n) is 6.99. The zero-order valence-corrected chi connectivity index (χ0v) is 14.0. The molecule has 0 saturated heterocycles. The molecule has 2 aromatic rings. The Labute approximate surface area is 139 Å². The van der Waals surface area contributed by atoms with Crippen LogP contribution in [0.2, 0.25) is 0 Å². The standard InChI is InChI=1S/C16H17FN2O4S/c1-10-7-14(24(18,21)22)8-15(11(10)2)19-16(20)9-23-13-5-3-12(17)4-6-13/h3-8H,9H2,1-2H3,(H,19,20)(H2,18,21,22). The van der Waals surface area contributed by atoms with Gasteiger partial charge in [-0.2, -0.15) is 0 Å². The van der Waals surface area contributed by atoms with Crippen LogP contribution in [0.4, 0.5) is 10.1 Å². The van der Waals surface area contributed by atoms with Crippen molar-refractivity contribution in [1.82, 2.24) is 0 Å². The number of benzene rings is 2. The Morgan fingerprint density at radius 2 is 1.83 bits per heavy atom. The number of nitrogens with one attached hydrogen (secondary N) is 1. The maximum atomic E-state index is 12.8. The van der Waals surface area contributed by atoms with Crippen LogP contribution >= 0.6 is 0 Å². The molecule has 0 aliphatic rings. The van der Waals surface area contributed by atoms with Crippen LogP contribution in [0.5, 0.6) is 5.75 Å². The Morgan fingerprint density at radius 1 is 1.21 bits per heavy atom. The molecular weight excluding hydrogens is 335 g/mol. The Balaban J connectivity index is 2.11. The average Bonchev–Trinajstić information content (AvgIpc) is 2.50. The highest BCUT2D eigenvalue weighted by Crippen LogP contribution is 2.23. The Bertz CT molecular complexity index is 864. The molecule has 0 heterocycles.